The molecule has 0 bridgehead atoms. The molecule has 0 spiro atoms. The van der Waals surface area contributed by atoms with Crippen molar-refractivity contribution in [2.45, 2.75) is 290 Å². The van der Waals surface area contributed by atoms with Gasteiger partial charge in [0.15, 0.2) is 6.10 Å². The smallest absolute Gasteiger partial charge is 0.306 e. The van der Waals surface area contributed by atoms with Crippen molar-refractivity contribution in [2.75, 3.05) is 13.2 Å². The highest BCUT2D eigenvalue weighted by atomic mass is 16.6. The first-order chi connectivity index (χ1) is 30.5. The monoisotopic (exact) mass is 871 g/mol. The standard InChI is InChI=1S/C56H102O6/c1-4-7-10-13-16-19-21-23-24-25-26-27-28-29-30-31-32-33-35-37-40-43-46-49-55(58)61-52-53(51-60-54(57)48-45-42-39-36-18-15-12-9-6-3)62-56(59)50-47-44-41-38-34-22-20-17-14-11-8-5-2/h17,20-21,23,25-26,53H,4-16,18-19,22,24,27-52H2,1-3H3/b20-17-,23-21-,26-25-. The van der Waals surface area contributed by atoms with Crippen LogP contribution in [-0.2, 0) is 28.6 Å². The summed E-state index contributed by atoms with van der Waals surface area (Å²) in [6, 6.07) is 0. The fourth-order valence-corrected chi connectivity index (χ4v) is 7.76. The van der Waals surface area contributed by atoms with Gasteiger partial charge in [-0.3, -0.25) is 14.4 Å². The normalized spacial score (nSPS) is 12.2. The third-order valence-electron chi connectivity index (χ3n) is 11.9. The van der Waals surface area contributed by atoms with E-state index in [1.54, 1.807) is 0 Å². The van der Waals surface area contributed by atoms with Crippen LogP contribution in [0.1, 0.15) is 284 Å². The van der Waals surface area contributed by atoms with Crippen LogP contribution in [0.25, 0.3) is 0 Å². The van der Waals surface area contributed by atoms with Crippen LogP contribution in [0.4, 0.5) is 0 Å². The number of allylic oxidation sites excluding steroid dienone is 6. The van der Waals surface area contributed by atoms with Crippen LogP contribution in [0, 0.1) is 0 Å². The second-order valence-corrected chi connectivity index (χ2v) is 18.1. The Morgan fingerprint density at radius 2 is 0.581 bits per heavy atom. The molecule has 0 rings (SSSR count). The summed E-state index contributed by atoms with van der Waals surface area (Å²) in [5.74, 6) is -0.878. The average molecular weight is 871 g/mol. The number of carbonyl (C=O) groups is 3. The van der Waals surface area contributed by atoms with E-state index in [9.17, 15) is 14.4 Å². The summed E-state index contributed by atoms with van der Waals surface area (Å²) in [6.07, 6.45) is 60.0. The molecule has 0 fully saturated rings. The van der Waals surface area contributed by atoms with E-state index in [1.807, 2.05) is 0 Å². The second kappa shape index (κ2) is 51.3. The lowest BCUT2D eigenvalue weighted by Crippen LogP contribution is -2.30. The van der Waals surface area contributed by atoms with Crippen molar-refractivity contribution < 1.29 is 28.6 Å². The van der Waals surface area contributed by atoms with Crippen molar-refractivity contribution in [1.82, 2.24) is 0 Å². The summed E-state index contributed by atoms with van der Waals surface area (Å²) < 4.78 is 16.8. The van der Waals surface area contributed by atoms with Crippen LogP contribution in [0.5, 0.6) is 0 Å². The van der Waals surface area contributed by atoms with Gasteiger partial charge in [0.05, 0.1) is 0 Å². The first-order valence-corrected chi connectivity index (χ1v) is 27.0. The Hall–Kier alpha value is -2.37. The molecule has 0 aromatic rings. The lowest BCUT2D eigenvalue weighted by molar-refractivity contribution is -0.167. The molecule has 1 atom stereocenters. The molecule has 0 saturated heterocycles. The van der Waals surface area contributed by atoms with Crippen molar-refractivity contribution >= 4 is 17.9 Å². The number of hydrogen-bond acceptors (Lipinski definition) is 6. The van der Waals surface area contributed by atoms with Gasteiger partial charge in [-0.2, -0.15) is 0 Å². The molecule has 6 nitrogen and oxygen atoms in total. The lowest BCUT2D eigenvalue weighted by atomic mass is 10.0. The Bertz CT molecular complexity index is 1050. The van der Waals surface area contributed by atoms with Crippen LogP contribution < -0.4 is 0 Å². The van der Waals surface area contributed by atoms with Gasteiger partial charge in [0, 0.05) is 19.3 Å². The van der Waals surface area contributed by atoms with E-state index in [0.717, 1.165) is 70.6 Å². The Kier molecular flexibility index (Phi) is 49.3. The number of rotatable bonds is 49. The molecule has 0 aliphatic rings. The fourth-order valence-electron chi connectivity index (χ4n) is 7.76. The Morgan fingerprint density at radius 1 is 0.323 bits per heavy atom. The molecule has 62 heavy (non-hydrogen) atoms. The number of esters is 3. The zero-order valence-corrected chi connectivity index (χ0v) is 41.4. The molecule has 0 N–H and O–H groups in total. The molecule has 0 aliphatic heterocycles. The Balaban J connectivity index is 4.19. The largest absolute Gasteiger partial charge is 0.462 e. The number of unbranched alkanes of at least 4 members (excludes halogenated alkanes) is 32. The zero-order chi connectivity index (χ0) is 45.1. The first kappa shape index (κ1) is 59.6. The maximum Gasteiger partial charge on any atom is 0.306 e. The fraction of sp³-hybridized carbons (Fsp3) is 0.839. The molecule has 0 radical (unpaired) electrons. The van der Waals surface area contributed by atoms with Gasteiger partial charge in [0.1, 0.15) is 13.2 Å². The van der Waals surface area contributed by atoms with E-state index in [0.29, 0.717) is 19.3 Å². The van der Waals surface area contributed by atoms with Crippen molar-refractivity contribution in [3.63, 3.8) is 0 Å². The van der Waals surface area contributed by atoms with Crippen LogP contribution in [-0.4, -0.2) is 37.2 Å². The summed E-state index contributed by atoms with van der Waals surface area (Å²) in [7, 11) is 0. The van der Waals surface area contributed by atoms with Gasteiger partial charge in [-0.1, -0.05) is 224 Å². The summed E-state index contributed by atoms with van der Waals surface area (Å²) >= 11 is 0. The maximum absolute atomic E-state index is 12.7. The molecule has 0 aromatic carbocycles. The van der Waals surface area contributed by atoms with Crippen molar-refractivity contribution in [1.29, 1.82) is 0 Å². The van der Waals surface area contributed by atoms with Gasteiger partial charge in [0.25, 0.3) is 0 Å². The quantitative estimate of drug-likeness (QED) is 0.0262. The van der Waals surface area contributed by atoms with E-state index in [1.165, 1.54) is 173 Å². The predicted octanol–water partition coefficient (Wildman–Crippen LogP) is 17.7. The molecule has 0 heterocycles. The number of carbonyl (C=O) groups excluding carboxylic acids is 3. The highest BCUT2D eigenvalue weighted by Gasteiger charge is 2.19. The minimum atomic E-state index is -0.772. The van der Waals surface area contributed by atoms with E-state index in [-0.39, 0.29) is 31.1 Å². The second-order valence-electron chi connectivity index (χ2n) is 18.1. The predicted molar refractivity (Wildman–Crippen MR) is 266 cm³/mol. The van der Waals surface area contributed by atoms with Crippen LogP contribution in [0.15, 0.2) is 36.5 Å². The topological polar surface area (TPSA) is 78.9 Å². The van der Waals surface area contributed by atoms with Crippen LogP contribution in [0.3, 0.4) is 0 Å². The highest BCUT2D eigenvalue weighted by molar-refractivity contribution is 5.71. The van der Waals surface area contributed by atoms with E-state index in [2.05, 4.69) is 57.2 Å². The Labute approximate surface area is 385 Å². The number of ether oxygens (including phenoxy) is 3. The van der Waals surface area contributed by atoms with Gasteiger partial charge in [-0.25, -0.2) is 0 Å². The first-order valence-electron chi connectivity index (χ1n) is 27.0. The molecule has 1 unspecified atom stereocenters. The molecular weight excluding hydrogens is 769 g/mol. The molecule has 6 heteroatoms. The maximum atomic E-state index is 12.7. The molecule has 362 valence electrons. The van der Waals surface area contributed by atoms with Gasteiger partial charge < -0.3 is 14.2 Å². The van der Waals surface area contributed by atoms with E-state index >= 15 is 0 Å². The minimum absolute atomic E-state index is 0.0734. The van der Waals surface area contributed by atoms with Gasteiger partial charge in [0.2, 0.25) is 0 Å². The summed E-state index contributed by atoms with van der Waals surface area (Å²) in [6.45, 7) is 6.60. The third-order valence-corrected chi connectivity index (χ3v) is 11.9. The molecule has 0 amide bonds. The lowest BCUT2D eigenvalue weighted by Gasteiger charge is -2.18. The highest BCUT2D eigenvalue weighted by Crippen LogP contribution is 2.15. The van der Waals surface area contributed by atoms with Crippen LogP contribution in [0.2, 0.25) is 0 Å². The summed E-state index contributed by atoms with van der Waals surface area (Å²) in [4.78, 5) is 37.9. The molecule has 0 aromatic heterocycles. The van der Waals surface area contributed by atoms with Gasteiger partial charge >= 0.3 is 17.9 Å². The minimum Gasteiger partial charge on any atom is -0.462 e. The van der Waals surface area contributed by atoms with Crippen molar-refractivity contribution in [3.8, 4) is 0 Å². The molecular formula is C56H102O6. The molecule has 0 saturated carbocycles. The van der Waals surface area contributed by atoms with Gasteiger partial charge in [-0.15, -0.1) is 0 Å². The van der Waals surface area contributed by atoms with Crippen LogP contribution >= 0.6 is 0 Å². The van der Waals surface area contributed by atoms with E-state index < -0.39 is 6.10 Å². The number of hydrogen-bond donors (Lipinski definition) is 0. The zero-order valence-electron chi connectivity index (χ0n) is 41.4. The van der Waals surface area contributed by atoms with Gasteiger partial charge in [-0.05, 0) is 77.0 Å². The average Bonchev–Trinajstić information content (AvgIpc) is 3.27. The van der Waals surface area contributed by atoms with E-state index in [4.69, 9.17) is 14.2 Å². The summed E-state index contributed by atoms with van der Waals surface area (Å²) in [5.41, 5.74) is 0. The van der Waals surface area contributed by atoms with Crippen molar-refractivity contribution in [2.24, 2.45) is 0 Å². The van der Waals surface area contributed by atoms with Crippen molar-refractivity contribution in [3.05, 3.63) is 36.5 Å². The molecule has 0 aliphatic carbocycles. The SMILES string of the molecule is CCCCC/C=C\CCCCCCCC(=O)OC(COC(=O)CCCCCCCCCCC)COC(=O)CCCCCCCCCCCCC/C=C\C/C=C\CCCCCCC. The Morgan fingerprint density at radius 3 is 0.935 bits per heavy atom. The summed E-state index contributed by atoms with van der Waals surface area (Å²) in [5, 5.41) is 0. The third kappa shape index (κ3) is 48.7.